The Kier molecular flexibility index (Phi) is 9.78. The number of aryl methyl sites for hydroxylation is 1. The molecule has 1 atom stereocenters. The average Bonchev–Trinajstić information content (AvgIpc) is 2.39. The van der Waals surface area contributed by atoms with Gasteiger partial charge >= 0.3 is 0 Å². The summed E-state index contributed by atoms with van der Waals surface area (Å²) in [5.41, 5.74) is 1.09. The van der Waals surface area contributed by atoms with Crippen LogP contribution >= 0.6 is 8.15 Å². The van der Waals surface area contributed by atoms with Crippen molar-refractivity contribution in [2.45, 2.75) is 27.2 Å². The lowest BCUT2D eigenvalue weighted by molar-refractivity contribution is 0.380. The van der Waals surface area contributed by atoms with Crippen molar-refractivity contribution in [2.24, 2.45) is 5.18 Å². The Morgan fingerprint density at radius 1 is 1.47 bits per heavy atom. The van der Waals surface area contributed by atoms with Gasteiger partial charge < -0.3 is 4.52 Å². The predicted molar refractivity (Wildman–Crippen MR) is 74.1 cm³/mol. The molecule has 0 bridgehead atoms. The average molecular weight is 256 g/mol. The Balaban J connectivity index is 0.00000121. The maximum Gasteiger partial charge on any atom is 0.196 e. The van der Waals surface area contributed by atoms with Crippen LogP contribution in [0.4, 0.5) is 5.82 Å². The van der Waals surface area contributed by atoms with Gasteiger partial charge in [0.25, 0.3) is 0 Å². The molecule has 1 aromatic rings. The number of pyridine rings is 1. The lowest BCUT2D eigenvalue weighted by Crippen LogP contribution is -1.94. The molecular formula is C12H21N2O2P. The van der Waals surface area contributed by atoms with Gasteiger partial charge in [-0.1, -0.05) is 13.8 Å². The van der Waals surface area contributed by atoms with E-state index >= 15 is 0 Å². The van der Waals surface area contributed by atoms with E-state index in [4.69, 9.17) is 4.52 Å². The van der Waals surface area contributed by atoms with Crippen molar-refractivity contribution in [3.63, 3.8) is 0 Å². The van der Waals surface area contributed by atoms with Crippen LogP contribution in [0.15, 0.2) is 23.5 Å². The lowest BCUT2D eigenvalue weighted by Gasteiger charge is -2.10. The monoisotopic (exact) mass is 256 g/mol. The van der Waals surface area contributed by atoms with Gasteiger partial charge in [-0.2, -0.15) is 0 Å². The number of nitroso groups, excluding NO2 is 1. The summed E-state index contributed by atoms with van der Waals surface area (Å²) in [6.45, 7) is 8.87. The molecule has 0 saturated heterocycles. The summed E-state index contributed by atoms with van der Waals surface area (Å²) < 4.78 is 5.48. The number of hydrogen-bond acceptors (Lipinski definition) is 4. The topological polar surface area (TPSA) is 51.6 Å². The van der Waals surface area contributed by atoms with Crippen LogP contribution < -0.4 is 0 Å². The molecule has 0 amide bonds. The van der Waals surface area contributed by atoms with Crippen molar-refractivity contribution in [3.05, 3.63) is 28.8 Å². The Hall–Kier alpha value is -0.860. The summed E-state index contributed by atoms with van der Waals surface area (Å²) in [6, 6.07) is 3.63. The Morgan fingerprint density at radius 2 is 2.18 bits per heavy atom. The van der Waals surface area contributed by atoms with E-state index in [9.17, 15) is 4.91 Å². The molecule has 0 aliphatic rings. The van der Waals surface area contributed by atoms with Crippen LogP contribution in [0.5, 0.6) is 0 Å². The van der Waals surface area contributed by atoms with E-state index < -0.39 is 0 Å². The first-order valence-electron chi connectivity index (χ1n) is 5.88. The summed E-state index contributed by atoms with van der Waals surface area (Å²) in [7, 11) is -0.347. The van der Waals surface area contributed by atoms with Gasteiger partial charge in [-0.15, -0.1) is 4.91 Å². The third-order valence-corrected chi connectivity index (χ3v) is 3.52. The molecule has 1 aromatic heterocycles. The molecule has 0 radical (unpaired) electrons. The molecule has 0 saturated carbocycles. The quantitative estimate of drug-likeness (QED) is 0.568. The van der Waals surface area contributed by atoms with Gasteiger partial charge in [-0.25, -0.2) is 4.98 Å². The molecule has 96 valence electrons. The Bertz CT molecular complexity index is 321. The minimum atomic E-state index is -0.347. The van der Waals surface area contributed by atoms with Crippen molar-refractivity contribution < 1.29 is 4.52 Å². The van der Waals surface area contributed by atoms with Crippen LogP contribution in [0.25, 0.3) is 0 Å². The maximum absolute atomic E-state index is 10.3. The van der Waals surface area contributed by atoms with Crippen LogP contribution in [-0.4, -0.2) is 24.4 Å². The second-order valence-corrected chi connectivity index (χ2v) is 5.09. The first-order chi connectivity index (χ1) is 8.26. The van der Waals surface area contributed by atoms with Gasteiger partial charge in [0, 0.05) is 21.0 Å². The predicted octanol–water partition coefficient (Wildman–Crippen LogP) is 4.11. The number of hydrogen-bond donors (Lipinski definition) is 0. The molecule has 1 rings (SSSR count). The third-order valence-electron chi connectivity index (χ3n) is 1.97. The van der Waals surface area contributed by atoms with E-state index in [1.807, 2.05) is 26.8 Å². The van der Waals surface area contributed by atoms with E-state index in [1.54, 1.807) is 12.3 Å². The molecular weight excluding hydrogens is 235 g/mol. The van der Waals surface area contributed by atoms with Crippen molar-refractivity contribution in [2.75, 3.05) is 19.4 Å². The number of aromatic nitrogens is 1. The zero-order valence-electron chi connectivity index (χ0n) is 11.0. The van der Waals surface area contributed by atoms with Gasteiger partial charge in [0.05, 0.1) is 0 Å². The molecule has 4 nitrogen and oxygen atoms in total. The maximum atomic E-state index is 10.3. The van der Waals surface area contributed by atoms with Crippen molar-refractivity contribution in [1.29, 1.82) is 0 Å². The SMILES string of the molecule is CC.CCOP(C)CCc1ccnc(N=O)c1. The van der Waals surface area contributed by atoms with E-state index in [2.05, 4.69) is 16.8 Å². The van der Waals surface area contributed by atoms with Gasteiger partial charge in [0.15, 0.2) is 5.82 Å². The fourth-order valence-corrected chi connectivity index (χ4v) is 2.38. The molecule has 0 spiro atoms. The van der Waals surface area contributed by atoms with E-state index in [1.165, 1.54) is 0 Å². The second-order valence-electron chi connectivity index (χ2n) is 3.13. The summed E-state index contributed by atoms with van der Waals surface area (Å²) in [5.74, 6) is 0.254. The zero-order valence-corrected chi connectivity index (χ0v) is 11.9. The summed E-state index contributed by atoms with van der Waals surface area (Å²) in [4.78, 5) is 14.1. The first kappa shape index (κ1) is 16.1. The van der Waals surface area contributed by atoms with Crippen LogP contribution in [0.3, 0.4) is 0 Å². The van der Waals surface area contributed by atoms with E-state index in [0.29, 0.717) is 0 Å². The van der Waals surface area contributed by atoms with Gasteiger partial charge in [0.2, 0.25) is 0 Å². The summed E-state index contributed by atoms with van der Waals surface area (Å²) in [6.07, 6.45) is 3.53. The van der Waals surface area contributed by atoms with Gasteiger partial charge in [-0.3, -0.25) is 0 Å². The highest BCUT2D eigenvalue weighted by Gasteiger charge is 2.02. The largest absolute Gasteiger partial charge is 0.360 e. The first-order valence-corrected chi connectivity index (χ1v) is 7.77. The van der Waals surface area contributed by atoms with Crippen LogP contribution in [-0.2, 0) is 10.9 Å². The molecule has 0 fully saturated rings. The summed E-state index contributed by atoms with van der Waals surface area (Å²) in [5, 5.41) is 2.81. The van der Waals surface area contributed by atoms with E-state index in [-0.39, 0.29) is 14.0 Å². The minimum absolute atomic E-state index is 0.254. The van der Waals surface area contributed by atoms with Crippen LogP contribution in [0.2, 0.25) is 0 Å². The van der Waals surface area contributed by atoms with Crippen molar-refractivity contribution in [3.8, 4) is 0 Å². The van der Waals surface area contributed by atoms with Crippen molar-refractivity contribution in [1.82, 2.24) is 4.98 Å². The number of nitrogens with zero attached hydrogens (tertiary/aromatic N) is 2. The van der Waals surface area contributed by atoms with Gasteiger partial charge in [0.1, 0.15) is 0 Å². The molecule has 0 aliphatic carbocycles. The highest BCUT2D eigenvalue weighted by molar-refractivity contribution is 7.51. The lowest BCUT2D eigenvalue weighted by atomic mass is 10.2. The molecule has 0 N–H and O–H groups in total. The van der Waals surface area contributed by atoms with Crippen LogP contribution in [0.1, 0.15) is 26.3 Å². The molecule has 1 heterocycles. The zero-order chi connectivity index (χ0) is 13.1. The number of rotatable bonds is 6. The minimum Gasteiger partial charge on any atom is -0.360 e. The fraction of sp³-hybridized carbons (Fsp3) is 0.583. The van der Waals surface area contributed by atoms with Crippen molar-refractivity contribution >= 4 is 14.0 Å². The highest BCUT2D eigenvalue weighted by Crippen LogP contribution is 2.32. The molecule has 1 unspecified atom stereocenters. The standard InChI is InChI=1S/C10H15N2O2P.C2H6/c1-3-14-15(2)7-5-9-4-6-11-10(8-9)12-13;1-2/h4,6,8H,3,5,7H2,1-2H3;1-2H3. The van der Waals surface area contributed by atoms with Crippen LogP contribution in [0, 0.1) is 4.91 Å². The molecule has 0 aliphatic heterocycles. The molecule has 17 heavy (non-hydrogen) atoms. The normalized spacial score (nSPS) is 11.3. The highest BCUT2D eigenvalue weighted by atomic mass is 31.1. The Morgan fingerprint density at radius 3 is 2.76 bits per heavy atom. The smallest absolute Gasteiger partial charge is 0.196 e. The molecule has 0 aromatic carbocycles. The van der Waals surface area contributed by atoms with Gasteiger partial charge in [-0.05, 0) is 49.0 Å². The third kappa shape index (κ3) is 7.14. The fourth-order valence-electron chi connectivity index (χ4n) is 1.24. The second kappa shape index (κ2) is 10.3. The molecule has 5 heteroatoms. The van der Waals surface area contributed by atoms with E-state index in [0.717, 1.165) is 24.8 Å². The summed E-state index contributed by atoms with van der Waals surface area (Å²) >= 11 is 0. The Labute approximate surface area is 105 Å².